The molecule has 0 saturated carbocycles. The van der Waals surface area contributed by atoms with Crippen LogP contribution in [0.2, 0.25) is 0 Å². The number of benzene rings is 6. The van der Waals surface area contributed by atoms with Gasteiger partial charge in [0.15, 0.2) is 0 Å². The Morgan fingerprint density at radius 2 is 0.720 bits per heavy atom. The van der Waals surface area contributed by atoms with Crippen LogP contribution < -0.4 is 27.8 Å². The SMILES string of the molecule is CC.CCC.CCC.CCC.CCC.CCC.CCC.N#Cc1ccccc1C#N.NC1NC(N)c2ccccc21.c1ccc2c(c1)C1=Nc3c4ccccc4c4n3C35n6c(c7ccccc7c6=NC6=[N+]3C(=N4)c3ccccc36)=NC2=[N+]15. The van der Waals surface area contributed by atoms with Crippen LogP contribution in [0.1, 0.15) is 192 Å². The van der Waals surface area contributed by atoms with Gasteiger partial charge >= 0.3 is 5.91 Å². The summed E-state index contributed by atoms with van der Waals surface area (Å²) in [5, 5.41) is 24.3. The lowest BCUT2D eigenvalue weighted by atomic mass is 10.1. The summed E-state index contributed by atoms with van der Waals surface area (Å²) in [4.78, 5) is 21.7. The zero-order valence-corrected chi connectivity index (χ0v) is 50.9. The molecule has 15 rings (SSSR count). The minimum absolute atomic E-state index is 0.0961. The molecule has 13 heteroatoms. The first kappa shape index (κ1) is 62.7. The molecule has 13 nitrogen and oxygen atoms in total. The largest absolute Gasteiger partial charge is 0.404 e. The Balaban J connectivity index is 0.000000216. The third kappa shape index (κ3) is 11.3. The van der Waals surface area contributed by atoms with Crippen LogP contribution in [0.25, 0.3) is 21.5 Å². The molecular formula is C69H85N13+2. The summed E-state index contributed by atoms with van der Waals surface area (Å²) < 4.78 is 9.32. The second kappa shape index (κ2) is 29.3. The first-order chi connectivity index (χ1) is 40.0. The number of rotatable bonds is 0. The lowest BCUT2D eigenvalue weighted by molar-refractivity contribution is -0.790. The molecule has 0 aliphatic carbocycles. The highest BCUT2D eigenvalue weighted by Crippen LogP contribution is 2.52. The molecule has 8 aromatic rings. The molecule has 2 unspecified atom stereocenters. The summed E-state index contributed by atoms with van der Waals surface area (Å²) >= 11 is 0. The number of amidine groups is 4. The van der Waals surface area contributed by atoms with Gasteiger partial charge in [0.05, 0.1) is 45.7 Å². The average molecular weight is 1100 g/mol. The quantitative estimate of drug-likeness (QED) is 0.128. The van der Waals surface area contributed by atoms with Crippen molar-refractivity contribution in [3.8, 4) is 12.1 Å². The Hall–Kier alpha value is -8.46. The van der Waals surface area contributed by atoms with Gasteiger partial charge in [-0.3, -0.25) is 5.32 Å². The minimum Gasteiger partial charge on any atom is -0.312 e. The van der Waals surface area contributed by atoms with Crippen molar-refractivity contribution in [2.24, 2.45) is 31.4 Å². The number of nitriles is 2. The molecule has 0 fully saturated rings. The van der Waals surface area contributed by atoms with E-state index in [0.29, 0.717) is 11.1 Å². The van der Waals surface area contributed by atoms with Gasteiger partial charge in [0.25, 0.3) is 23.3 Å². The molecular weight excluding hydrogens is 1010 g/mol. The van der Waals surface area contributed by atoms with E-state index < -0.39 is 5.91 Å². The maximum atomic E-state index is 8.45. The zero-order valence-electron chi connectivity index (χ0n) is 50.9. The van der Waals surface area contributed by atoms with Crippen molar-refractivity contribution in [1.29, 1.82) is 10.5 Å². The molecule has 0 bridgehead atoms. The van der Waals surface area contributed by atoms with Crippen LogP contribution in [-0.4, -0.2) is 41.6 Å². The highest BCUT2D eigenvalue weighted by molar-refractivity contribution is 6.20. The Labute approximate surface area is 486 Å². The molecule has 6 aromatic carbocycles. The molecule has 9 heterocycles. The van der Waals surface area contributed by atoms with E-state index in [1.807, 2.05) is 50.3 Å². The van der Waals surface area contributed by atoms with Gasteiger partial charge in [-0.1, -0.05) is 240 Å². The van der Waals surface area contributed by atoms with Crippen molar-refractivity contribution in [3.05, 3.63) is 201 Å². The first-order valence-electron chi connectivity index (χ1n) is 29.7. The van der Waals surface area contributed by atoms with Crippen LogP contribution >= 0.6 is 0 Å². The summed E-state index contributed by atoms with van der Waals surface area (Å²) in [5.74, 6) is 4.46. The van der Waals surface area contributed by atoms with Gasteiger partial charge in [-0.25, -0.2) is 0 Å². The lowest BCUT2D eigenvalue weighted by Crippen LogP contribution is -2.71. The van der Waals surface area contributed by atoms with Crippen molar-refractivity contribution < 1.29 is 9.15 Å². The van der Waals surface area contributed by atoms with Gasteiger partial charge < -0.3 is 11.5 Å². The second-order valence-corrected chi connectivity index (χ2v) is 19.9. The number of aliphatic imine (C=N–C) groups is 2. The molecule has 0 saturated heterocycles. The van der Waals surface area contributed by atoms with Crippen molar-refractivity contribution in [2.45, 2.75) is 154 Å². The van der Waals surface area contributed by atoms with E-state index >= 15 is 0 Å². The molecule has 424 valence electrons. The van der Waals surface area contributed by atoms with Gasteiger partial charge in [-0.15, -0.1) is 9.15 Å². The minimum atomic E-state index is -0.923. The van der Waals surface area contributed by atoms with Crippen LogP contribution in [0.5, 0.6) is 0 Å². The molecule has 7 aliphatic rings. The number of hydrogen-bond acceptors (Lipinski definition) is 9. The molecule has 2 aromatic heterocycles. The van der Waals surface area contributed by atoms with Crippen LogP contribution in [0.15, 0.2) is 166 Å². The van der Waals surface area contributed by atoms with Crippen LogP contribution in [-0.2, 0) is 5.91 Å². The number of fused-ring (bicyclic) bond motifs is 13. The summed E-state index contributed by atoms with van der Waals surface area (Å²) in [5.41, 5.74) is 20.7. The summed E-state index contributed by atoms with van der Waals surface area (Å²) in [6.07, 6.45) is 7.31. The summed E-state index contributed by atoms with van der Waals surface area (Å²) in [7, 11) is 0. The fourth-order valence-corrected chi connectivity index (χ4v) is 10.0. The Morgan fingerprint density at radius 3 is 1.06 bits per heavy atom. The van der Waals surface area contributed by atoms with Crippen molar-refractivity contribution in [3.63, 3.8) is 0 Å². The van der Waals surface area contributed by atoms with Gasteiger partial charge in [-0.05, 0) is 71.8 Å². The average Bonchev–Trinajstić information content (AvgIpc) is 1.48. The predicted octanol–water partition coefficient (Wildman–Crippen LogP) is 14.9. The molecule has 1 spiro atoms. The van der Waals surface area contributed by atoms with E-state index in [0.717, 1.165) is 101 Å². The topological polar surface area (TPSA) is 177 Å². The normalized spacial score (nSPS) is 15.4. The molecule has 5 N–H and O–H groups in total. The standard InChI is InChI=1S/C33H16N8.C8H11N3.C8H4N2.6C3H8.C2H6/c1-2-10-18-17(9-1)25-34-27-19-11-3-4-12-20(19)29-36-31-23-15-7-8-16-24(23)32-37-30-22-14-6-5-13-21(22)28-35-26(18)38(25)33(39(27)29,40(28)30)41(31)32;9-7-5-3-1-2-4-6(5)8(10)11-7;9-5-7-3-1-2-4-8(7)6-10;6*1-3-2;1-2/h1-16H;1-4,7-8,11H,9-10H2;1-4H;6*3H2,1-2H3;1-2H3/q+2;;;;;;;;;. The van der Waals surface area contributed by atoms with Gasteiger partial charge in [-0.2, -0.15) is 19.7 Å². The fraction of sp³-hybridized carbons (Fsp3) is 0.333. The number of hydrogen-bond donors (Lipinski definition) is 3. The van der Waals surface area contributed by atoms with Crippen molar-refractivity contribution in [2.75, 3.05) is 0 Å². The van der Waals surface area contributed by atoms with E-state index in [1.165, 1.54) is 38.5 Å². The fourth-order valence-electron chi connectivity index (χ4n) is 10.0. The van der Waals surface area contributed by atoms with Crippen molar-refractivity contribution >= 4 is 56.5 Å². The summed E-state index contributed by atoms with van der Waals surface area (Å²) in [6, 6.07) is 52.5. The van der Waals surface area contributed by atoms with Crippen LogP contribution in [0.3, 0.4) is 0 Å². The molecule has 0 radical (unpaired) electrons. The maximum absolute atomic E-state index is 8.45. The lowest BCUT2D eigenvalue weighted by Gasteiger charge is -2.40. The van der Waals surface area contributed by atoms with Crippen LogP contribution in [0.4, 0.5) is 11.6 Å². The maximum Gasteiger partial charge on any atom is 0.404 e. The second-order valence-electron chi connectivity index (χ2n) is 19.9. The molecule has 2 atom stereocenters. The van der Waals surface area contributed by atoms with Gasteiger partial charge in [0.1, 0.15) is 12.1 Å². The molecule has 7 aliphatic heterocycles. The highest BCUT2D eigenvalue weighted by Gasteiger charge is 2.69. The third-order valence-electron chi connectivity index (χ3n) is 12.6. The monoisotopic (exact) mass is 1100 g/mol. The predicted molar refractivity (Wildman–Crippen MR) is 340 cm³/mol. The van der Waals surface area contributed by atoms with E-state index in [-0.39, 0.29) is 12.3 Å². The van der Waals surface area contributed by atoms with E-state index in [4.69, 9.17) is 42.0 Å². The number of nitrogens with one attached hydrogen (secondary N) is 1. The smallest absolute Gasteiger partial charge is 0.312 e. The van der Waals surface area contributed by atoms with E-state index in [9.17, 15) is 0 Å². The van der Waals surface area contributed by atoms with Gasteiger partial charge in [0, 0.05) is 21.5 Å². The Morgan fingerprint density at radius 1 is 0.427 bits per heavy atom. The van der Waals surface area contributed by atoms with E-state index in [1.54, 1.807) is 24.3 Å². The van der Waals surface area contributed by atoms with E-state index in [2.05, 4.69) is 204 Å². The highest BCUT2D eigenvalue weighted by atomic mass is 15.7. The number of aromatic nitrogens is 2. The third-order valence-corrected chi connectivity index (χ3v) is 12.6. The zero-order chi connectivity index (χ0) is 59.7. The molecule has 0 amide bonds. The number of nitrogens with zero attached hydrogens (tertiary/aromatic N) is 10. The number of nitrogens with two attached hydrogens (primary N) is 2. The molecule has 82 heavy (non-hydrogen) atoms. The van der Waals surface area contributed by atoms with Crippen LogP contribution in [0, 0.1) is 22.7 Å². The summed E-state index contributed by atoms with van der Waals surface area (Å²) in [6.45, 7) is 29.5. The van der Waals surface area contributed by atoms with Crippen molar-refractivity contribution in [1.82, 2.24) is 14.5 Å². The van der Waals surface area contributed by atoms with Gasteiger partial charge in [0.2, 0.25) is 22.6 Å². The first-order valence-corrected chi connectivity index (χ1v) is 29.7. The Bertz CT molecular complexity index is 3620. The Kier molecular flexibility index (Phi) is 22.4.